The van der Waals surface area contributed by atoms with Gasteiger partial charge < -0.3 is 25.5 Å². The van der Waals surface area contributed by atoms with Gasteiger partial charge in [-0.05, 0) is 142 Å². The van der Waals surface area contributed by atoms with Crippen molar-refractivity contribution in [2.24, 2.45) is 5.41 Å². The molecular weight excluding hydrogens is 724 g/mol. The van der Waals surface area contributed by atoms with E-state index in [2.05, 4.69) is 11.4 Å². The summed E-state index contributed by atoms with van der Waals surface area (Å²) < 4.78 is 20.4. The summed E-state index contributed by atoms with van der Waals surface area (Å²) in [7, 11) is 0. The third-order valence-corrected chi connectivity index (χ3v) is 13.1. The van der Waals surface area contributed by atoms with Gasteiger partial charge in [-0.15, -0.1) is 11.3 Å². The molecule has 3 aliphatic rings. The van der Waals surface area contributed by atoms with Crippen LogP contribution in [0.15, 0.2) is 91.0 Å². The summed E-state index contributed by atoms with van der Waals surface area (Å²) in [5.74, 6) is -0.662. The number of aromatic nitrogens is 1. The van der Waals surface area contributed by atoms with Gasteiger partial charge in [-0.1, -0.05) is 30.3 Å². The van der Waals surface area contributed by atoms with E-state index in [0.29, 0.717) is 45.6 Å². The van der Waals surface area contributed by atoms with Crippen LogP contribution >= 0.6 is 11.3 Å². The first-order valence-electron chi connectivity index (χ1n) is 19.2. The second-order valence-corrected chi connectivity index (χ2v) is 16.7. The van der Waals surface area contributed by atoms with Crippen molar-refractivity contribution in [2.45, 2.75) is 64.4 Å². The molecule has 0 bridgehead atoms. The Balaban J connectivity index is 0.965. The zero-order chi connectivity index (χ0) is 39.2. The first-order valence-corrected chi connectivity index (χ1v) is 20.0. The van der Waals surface area contributed by atoms with Crippen LogP contribution in [0.2, 0.25) is 0 Å². The van der Waals surface area contributed by atoms with Crippen LogP contribution in [-0.4, -0.2) is 47.4 Å². The number of amides is 2. The molecule has 56 heavy (non-hydrogen) atoms. The van der Waals surface area contributed by atoms with Gasteiger partial charge in [0.05, 0.1) is 22.7 Å². The second kappa shape index (κ2) is 15.0. The number of carbonyl (C=O) groups is 2. The molecule has 1 atom stereocenters. The van der Waals surface area contributed by atoms with Crippen LogP contribution in [0.5, 0.6) is 0 Å². The number of hydrogen-bond acceptors (Lipinski definition) is 7. The number of halogens is 1. The molecule has 1 spiro atoms. The fourth-order valence-electron chi connectivity index (χ4n) is 8.48. The Morgan fingerprint density at radius 3 is 2.48 bits per heavy atom. The second-order valence-electron chi connectivity index (χ2n) is 15.6. The van der Waals surface area contributed by atoms with Crippen molar-refractivity contribution in [1.82, 2.24) is 4.98 Å². The topological polar surface area (TPSA) is 116 Å². The van der Waals surface area contributed by atoms with Gasteiger partial charge in [-0.2, -0.15) is 0 Å². The van der Waals surface area contributed by atoms with E-state index in [1.54, 1.807) is 54.3 Å². The number of aliphatic hydroxyl groups is 1. The molecule has 3 N–H and O–H groups in total. The molecule has 8 nitrogen and oxygen atoms in total. The van der Waals surface area contributed by atoms with E-state index in [1.807, 2.05) is 49.4 Å². The monoisotopic (exact) mass is 768 g/mol. The summed E-state index contributed by atoms with van der Waals surface area (Å²) in [6, 6.07) is 26.9. The summed E-state index contributed by atoms with van der Waals surface area (Å²) in [5, 5.41) is 23.4. The van der Waals surface area contributed by atoms with E-state index in [9.17, 15) is 19.1 Å². The number of nitrogens with one attached hydrogen (secondary N) is 2. The van der Waals surface area contributed by atoms with Gasteiger partial charge in [-0.25, -0.2) is 4.39 Å². The van der Waals surface area contributed by atoms with Crippen molar-refractivity contribution in [2.75, 3.05) is 30.0 Å². The third-order valence-electron chi connectivity index (χ3n) is 11.8. The van der Waals surface area contributed by atoms with Crippen LogP contribution in [-0.2, 0) is 10.3 Å². The van der Waals surface area contributed by atoms with Crippen LogP contribution in [0.25, 0.3) is 11.6 Å². The number of anilines is 2. The highest BCUT2D eigenvalue weighted by atomic mass is 32.1. The Bertz CT molecular complexity index is 2350. The SMILES string of the molecule is Cc1ccc(C(=O)Nc2ccc(C(=O)N3CCC(c4ccc(C(C)(O)C(=N)c5c(C)cccc5F)s4)=Cc4ccccc43)cc2)c(C2CC3(CCOCC3)C2)n1. The van der Waals surface area contributed by atoms with Crippen LogP contribution in [0.1, 0.15) is 103 Å². The van der Waals surface area contributed by atoms with E-state index in [-0.39, 0.29) is 29.0 Å². The molecule has 2 aromatic heterocycles. The van der Waals surface area contributed by atoms with Crippen LogP contribution in [0.3, 0.4) is 0 Å². The van der Waals surface area contributed by atoms with E-state index in [0.717, 1.165) is 72.0 Å². The van der Waals surface area contributed by atoms with Crippen molar-refractivity contribution in [1.29, 1.82) is 5.41 Å². The Labute approximate surface area is 330 Å². The lowest BCUT2D eigenvalue weighted by atomic mass is 9.57. The van der Waals surface area contributed by atoms with Gasteiger partial charge in [0.1, 0.15) is 11.4 Å². The highest BCUT2D eigenvalue weighted by molar-refractivity contribution is 7.13. The number of nitrogens with zero attached hydrogens (tertiary/aromatic N) is 2. The molecule has 1 unspecified atom stereocenters. The zero-order valence-electron chi connectivity index (χ0n) is 31.8. The number of carbonyl (C=O) groups excluding carboxylic acids is 2. The lowest BCUT2D eigenvalue weighted by molar-refractivity contribution is -0.0405. The van der Waals surface area contributed by atoms with Crippen molar-refractivity contribution >= 4 is 51.9 Å². The maximum absolute atomic E-state index is 14.8. The number of rotatable bonds is 8. The molecule has 1 saturated carbocycles. The highest BCUT2D eigenvalue weighted by Gasteiger charge is 2.47. The summed E-state index contributed by atoms with van der Waals surface area (Å²) in [6.07, 6.45) is 6.80. The first kappa shape index (κ1) is 37.6. The summed E-state index contributed by atoms with van der Waals surface area (Å²) >= 11 is 1.36. The fourth-order valence-corrected chi connectivity index (χ4v) is 9.58. The zero-order valence-corrected chi connectivity index (χ0v) is 32.6. The Kier molecular flexibility index (Phi) is 10.1. The number of ether oxygens (including phenoxy) is 1. The van der Waals surface area contributed by atoms with E-state index >= 15 is 0 Å². The van der Waals surface area contributed by atoms with Crippen LogP contribution < -0.4 is 10.2 Å². The Morgan fingerprint density at radius 2 is 1.73 bits per heavy atom. The molecule has 2 fully saturated rings. The fraction of sp³-hybridized carbons (Fsp3) is 0.304. The lowest BCUT2D eigenvalue weighted by Crippen LogP contribution is -2.41. The lowest BCUT2D eigenvalue weighted by Gasteiger charge is -2.50. The van der Waals surface area contributed by atoms with Gasteiger partial charge in [0.2, 0.25) is 0 Å². The van der Waals surface area contributed by atoms with Crippen molar-refractivity contribution in [3.63, 3.8) is 0 Å². The molecule has 2 amide bonds. The average Bonchev–Trinajstić information content (AvgIpc) is 3.61. The quantitative estimate of drug-likeness (QED) is 0.136. The maximum atomic E-state index is 14.8. The van der Waals surface area contributed by atoms with Gasteiger partial charge in [0, 0.05) is 57.9 Å². The number of fused-ring (bicyclic) bond motifs is 1. The molecule has 8 rings (SSSR count). The summed E-state index contributed by atoms with van der Waals surface area (Å²) in [4.78, 5) is 35.8. The summed E-state index contributed by atoms with van der Waals surface area (Å²) in [5.41, 5.74) is 5.17. The van der Waals surface area contributed by atoms with E-state index in [1.165, 1.54) is 24.3 Å². The molecule has 3 aromatic carbocycles. The number of aryl methyl sites for hydroxylation is 2. The number of benzene rings is 3. The minimum Gasteiger partial charge on any atom is -0.381 e. The molecule has 4 heterocycles. The van der Waals surface area contributed by atoms with Crippen molar-refractivity contribution < 1.29 is 23.8 Å². The molecule has 1 saturated heterocycles. The first-order chi connectivity index (χ1) is 26.9. The molecular formula is C46H45FN4O4S. The largest absolute Gasteiger partial charge is 0.381 e. The molecule has 2 aliphatic heterocycles. The third kappa shape index (κ3) is 7.13. The Morgan fingerprint density at radius 1 is 0.982 bits per heavy atom. The molecule has 1 aliphatic carbocycles. The van der Waals surface area contributed by atoms with Gasteiger partial charge in [0.15, 0.2) is 0 Å². The number of pyridine rings is 1. The minimum atomic E-state index is -1.71. The van der Waals surface area contributed by atoms with Gasteiger partial charge >= 0.3 is 0 Å². The van der Waals surface area contributed by atoms with Gasteiger partial charge in [-0.3, -0.25) is 14.6 Å². The molecule has 10 heteroatoms. The van der Waals surface area contributed by atoms with E-state index in [4.69, 9.17) is 15.1 Å². The number of hydrogen-bond donors (Lipinski definition) is 3. The predicted molar refractivity (Wildman–Crippen MR) is 220 cm³/mol. The summed E-state index contributed by atoms with van der Waals surface area (Å²) in [6.45, 7) is 7.23. The van der Waals surface area contributed by atoms with Crippen molar-refractivity contribution in [3.8, 4) is 0 Å². The molecule has 0 radical (unpaired) electrons. The Hall–Kier alpha value is -5.29. The average molecular weight is 769 g/mol. The number of para-hydroxylation sites is 1. The highest BCUT2D eigenvalue weighted by Crippen LogP contribution is 2.56. The van der Waals surface area contributed by atoms with Crippen LogP contribution in [0, 0.1) is 30.5 Å². The maximum Gasteiger partial charge on any atom is 0.258 e. The van der Waals surface area contributed by atoms with Crippen LogP contribution in [0.4, 0.5) is 15.8 Å². The predicted octanol–water partition coefficient (Wildman–Crippen LogP) is 9.69. The minimum absolute atomic E-state index is 0.102. The standard InChI is InChI=1S/C46H45FN4O4S/c1-28-7-6-9-36(47)40(28)42(48)45(3,54)39-18-17-38(56-39)32-19-22-51(37-10-5-4-8-31(37)25-32)44(53)30-12-14-34(15-13-30)50-43(52)35-16-11-29(2)49-41(35)33-26-46(27-33)20-23-55-24-21-46/h4-18,25,33,48,54H,19-24,26-27H2,1-3H3,(H,50,52). The van der Waals surface area contributed by atoms with E-state index < -0.39 is 11.4 Å². The molecule has 286 valence electrons. The number of thiophene rings is 1. The normalized spacial score (nSPS) is 17.6. The smallest absolute Gasteiger partial charge is 0.258 e. The molecule has 5 aromatic rings. The van der Waals surface area contributed by atoms with Crippen molar-refractivity contribution in [3.05, 3.63) is 146 Å². The van der Waals surface area contributed by atoms with Gasteiger partial charge in [0.25, 0.3) is 11.8 Å².